The van der Waals surface area contributed by atoms with Crippen molar-refractivity contribution in [1.29, 1.82) is 0 Å². The first-order valence-electron chi connectivity index (χ1n) is 6.57. The molecule has 6 nitrogen and oxygen atoms in total. The number of likely N-dealkylation sites (N-methyl/N-ethyl adjacent to an activating group) is 1. The van der Waals surface area contributed by atoms with Crippen molar-refractivity contribution in [3.8, 4) is 0 Å². The van der Waals surface area contributed by atoms with Crippen LogP contribution in [0.5, 0.6) is 0 Å². The average Bonchev–Trinajstić information content (AvgIpc) is 2.91. The summed E-state index contributed by atoms with van der Waals surface area (Å²) >= 11 is 1.47. The lowest BCUT2D eigenvalue weighted by Crippen LogP contribution is -2.37. The fraction of sp³-hybridized carbons (Fsp3) is 0.692. The van der Waals surface area contributed by atoms with Gasteiger partial charge in [-0.2, -0.15) is 0 Å². The number of ether oxygens (including phenoxy) is 1. The molecule has 7 heteroatoms. The number of methoxy groups -OCH3 is 1. The molecule has 0 spiro atoms. The van der Waals surface area contributed by atoms with Gasteiger partial charge in [0.25, 0.3) is 0 Å². The van der Waals surface area contributed by atoms with Gasteiger partial charge in [0.1, 0.15) is 0 Å². The minimum Gasteiger partial charge on any atom is -0.464 e. The lowest BCUT2D eigenvalue weighted by atomic mass is 10.2. The Balaban J connectivity index is 2.23. The van der Waals surface area contributed by atoms with Gasteiger partial charge >= 0.3 is 5.97 Å². The summed E-state index contributed by atoms with van der Waals surface area (Å²) in [6.45, 7) is 3.27. The van der Waals surface area contributed by atoms with Crippen LogP contribution in [-0.4, -0.2) is 67.4 Å². The van der Waals surface area contributed by atoms with Crippen LogP contribution in [0.3, 0.4) is 0 Å². The van der Waals surface area contributed by atoms with Crippen molar-refractivity contribution in [2.45, 2.75) is 25.5 Å². The van der Waals surface area contributed by atoms with Crippen molar-refractivity contribution in [3.05, 3.63) is 10.6 Å². The molecule has 1 aliphatic heterocycles. The monoisotopic (exact) mass is 299 g/mol. The van der Waals surface area contributed by atoms with Gasteiger partial charge in [-0.3, -0.25) is 0 Å². The molecular formula is C13H21N3O3S. The molecule has 1 aromatic heterocycles. The minimum absolute atomic E-state index is 0.219. The highest BCUT2D eigenvalue weighted by Gasteiger charge is 2.34. The number of aromatic nitrogens is 1. The largest absolute Gasteiger partial charge is 0.464 e. The van der Waals surface area contributed by atoms with E-state index in [0.29, 0.717) is 12.2 Å². The Morgan fingerprint density at radius 2 is 2.30 bits per heavy atom. The van der Waals surface area contributed by atoms with Crippen molar-refractivity contribution < 1.29 is 14.6 Å². The number of aliphatic hydroxyl groups is 1. The molecule has 1 saturated heterocycles. The van der Waals surface area contributed by atoms with Crippen LogP contribution >= 0.6 is 11.3 Å². The number of anilines is 1. The van der Waals surface area contributed by atoms with Crippen LogP contribution in [0, 0.1) is 6.92 Å². The summed E-state index contributed by atoms with van der Waals surface area (Å²) in [6.07, 6.45) is 0.385. The number of hydrogen-bond acceptors (Lipinski definition) is 7. The van der Waals surface area contributed by atoms with Crippen molar-refractivity contribution in [2.75, 3.05) is 39.2 Å². The number of thiazole rings is 1. The molecule has 0 amide bonds. The fourth-order valence-electron chi connectivity index (χ4n) is 2.51. The summed E-state index contributed by atoms with van der Waals surface area (Å²) in [5.74, 6) is -0.408. The van der Waals surface area contributed by atoms with E-state index < -0.39 is 5.97 Å². The maximum Gasteiger partial charge on any atom is 0.357 e. The van der Waals surface area contributed by atoms with Gasteiger partial charge in [0, 0.05) is 24.0 Å². The number of carbonyl (C=O) groups is 1. The maximum absolute atomic E-state index is 11.6. The summed E-state index contributed by atoms with van der Waals surface area (Å²) in [6, 6.07) is 0.219. The van der Waals surface area contributed by atoms with Gasteiger partial charge in [-0.25, -0.2) is 9.78 Å². The molecule has 1 fully saturated rings. The van der Waals surface area contributed by atoms with E-state index >= 15 is 0 Å². The smallest absolute Gasteiger partial charge is 0.357 e. The Morgan fingerprint density at radius 1 is 1.60 bits per heavy atom. The lowest BCUT2D eigenvalue weighted by molar-refractivity contribution is 0.0594. The number of β-amino-alcohol motifs (C(OH)–C–C–N with tert-alkyl or cyclic N) is 1. The Kier molecular flexibility index (Phi) is 4.62. The van der Waals surface area contributed by atoms with Gasteiger partial charge in [0.2, 0.25) is 0 Å². The topological polar surface area (TPSA) is 65.9 Å². The van der Waals surface area contributed by atoms with Gasteiger partial charge in [-0.1, -0.05) is 0 Å². The van der Waals surface area contributed by atoms with Gasteiger partial charge < -0.3 is 19.6 Å². The van der Waals surface area contributed by atoms with Crippen LogP contribution < -0.4 is 4.90 Å². The Morgan fingerprint density at radius 3 is 2.90 bits per heavy atom. The average molecular weight is 299 g/mol. The first kappa shape index (κ1) is 15.2. The molecule has 2 heterocycles. The predicted octanol–water partition coefficient (Wildman–Crippen LogP) is 0.739. The molecule has 2 unspecified atom stereocenters. The van der Waals surface area contributed by atoms with Crippen molar-refractivity contribution in [3.63, 3.8) is 0 Å². The second-order valence-corrected chi connectivity index (χ2v) is 6.53. The second-order valence-electron chi connectivity index (χ2n) is 5.35. The molecule has 0 radical (unpaired) electrons. The summed E-state index contributed by atoms with van der Waals surface area (Å²) in [7, 11) is 5.38. The van der Waals surface area contributed by atoms with Gasteiger partial charge in [0.15, 0.2) is 10.8 Å². The predicted molar refractivity (Wildman–Crippen MR) is 78.5 cm³/mol. The van der Waals surface area contributed by atoms with Gasteiger partial charge in [0.05, 0.1) is 13.2 Å². The molecule has 1 aliphatic rings. The highest BCUT2D eigenvalue weighted by molar-refractivity contribution is 7.15. The van der Waals surface area contributed by atoms with E-state index in [1.807, 2.05) is 21.0 Å². The molecule has 0 bridgehead atoms. The first-order chi connectivity index (χ1) is 9.42. The van der Waals surface area contributed by atoms with E-state index in [1.54, 1.807) is 0 Å². The number of esters is 1. The quantitative estimate of drug-likeness (QED) is 0.827. The maximum atomic E-state index is 11.6. The van der Waals surface area contributed by atoms with Crippen LogP contribution in [0.4, 0.5) is 5.13 Å². The molecule has 0 aliphatic carbocycles. The van der Waals surface area contributed by atoms with Crippen LogP contribution in [0.2, 0.25) is 0 Å². The van der Waals surface area contributed by atoms with Crippen LogP contribution in [0.25, 0.3) is 0 Å². The van der Waals surface area contributed by atoms with Crippen LogP contribution in [0.1, 0.15) is 21.8 Å². The standard InChI is InChI=1S/C13H21N3O3S/c1-8-11(12(18)19-4)14-13(20-8)16-7-10(17)5-9(16)6-15(2)3/h9-10,17H,5-7H2,1-4H3. The third-order valence-corrected chi connectivity index (χ3v) is 4.39. The number of aryl methyl sites for hydroxylation is 1. The zero-order valence-electron chi connectivity index (χ0n) is 12.3. The fourth-order valence-corrected chi connectivity index (χ4v) is 3.49. The van der Waals surface area contributed by atoms with E-state index in [9.17, 15) is 9.90 Å². The molecule has 112 valence electrons. The number of carbonyl (C=O) groups excluding carboxylic acids is 1. The summed E-state index contributed by atoms with van der Waals surface area (Å²) in [5, 5.41) is 10.7. The third kappa shape index (κ3) is 3.11. The van der Waals surface area contributed by atoms with E-state index in [0.717, 1.165) is 23.0 Å². The highest BCUT2D eigenvalue weighted by atomic mass is 32.1. The van der Waals surface area contributed by atoms with Crippen LogP contribution in [-0.2, 0) is 4.74 Å². The SMILES string of the molecule is COC(=O)c1nc(N2CC(O)CC2CN(C)C)sc1C. The minimum atomic E-state index is -0.408. The number of hydrogen-bond donors (Lipinski definition) is 1. The molecule has 0 aromatic carbocycles. The van der Waals surface area contributed by atoms with Crippen molar-refractivity contribution >= 4 is 22.4 Å². The highest BCUT2D eigenvalue weighted by Crippen LogP contribution is 2.32. The van der Waals surface area contributed by atoms with Crippen molar-refractivity contribution in [2.24, 2.45) is 0 Å². The molecule has 0 saturated carbocycles. The van der Waals surface area contributed by atoms with Gasteiger partial charge in [-0.05, 0) is 27.4 Å². The third-order valence-electron chi connectivity index (χ3n) is 3.38. The van der Waals surface area contributed by atoms with Crippen LogP contribution in [0.15, 0.2) is 0 Å². The van der Waals surface area contributed by atoms with E-state index in [4.69, 9.17) is 4.74 Å². The summed E-state index contributed by atoms with van der Waals surface area (Å²) in [5.41, 5.74) is 0.373. The molecular weight excluding hydrogens is 278 g/mol. The molecule has 2 atom stereocenters. The first-order valence-corrected chi connectivity index (χ1v) is 7.39. The Hall–Kier alpha value is -1.18. The van der Waals surface area contributed by atoms with E-state index in [2.05, 4.69) is 14.8 Å². The van der Waals surface area contributed by atoms with Crippen molar-refractivity contribution in [1.82, 2.24) is 9.88 Å². The second kappa shape index (κ2) is 6.07. The summed E-state index contributed by atoms with van der Waals surface area (Å²) < 4.78 is 4.73. The molecule has 2 rings (SSSR count). The zero-order valence-corrected chi connectivity index (χ0v) is 13.1. The normalized spacial score (nSPS) is 22.6. The van der Waals surface area contributed by atoms with E-state index in [1.165, 1.54) is 18.4 Å². The Labute approximate surface area is 123 Å². The lowest BCUT2D eigenvalue weighted by Gasteiger charge is -2.26. The molecule has 20 heavy (non-hydrogen) atoms. The summed E-state index contributed by atoms with van der Waals surface area (Å²) in [4.78, 5) is 21.1. The van der Waals surface area contributed by atoms with E-state index in [-0.39, 0.29) is 12.1 Å². The molecule has 1 N–H and O–H groups in total. The number of nitrogens with zero attached hydrogens (tertiary/aromatic N) is 3. The number of aliphatic hydroxyl groups excluding tert-OH is 1. The zero-order chi connectivity index (χ0) is 14.9. The van der Waals surface area contributed by atoms with Gasteiger partial charge in [-0.15, -0.1) is 11.3 Å². The number of rotatable bonds is 4. The molecule has 1 aromatic rings. The Bertz CT molecular complexity index is 489.